The van der Waals surface area contributed by atoms with Crippen molar-refractivity contribution in [2.75, 3.05) is 6.61 Å². The van der Waals surface area contributed by atoms with Crippen molar-refractivity contribution in [3.05, 3.63) is 164 Å². The lowest BCUT2D eigenvalue weighted by molar-refractivity contribution is 0.305. The van der Waals surface area contributed by atoms with Gasteiger partial charge in [0, 0.05) is 26.4 Å². The Balaban J connectivity index is 0.984. The third-order valence-corrected chi connectivity index (χ3v) is 12.5. The van der Waals surface area contributed by atoms with Crippen LogP contribution >= 0.6 is 31.9 Å². The van der Waals surface area contributed by atoms with Gasteiger partial charge in [0.05, 0.1) is 17.0 Å². The van der Waals surface area contributed by atoms with Gasteiger partial charge in [-0.3, -0.25) is 0 Å². The van der Waals surface area contributed by atoms with Gasteiger partial charge in [-0.2, -0.15) is 0 Å². The molecule has 0 fully saturated rings. The maximum atomic E-state index is 13.6. The predicted molar refractivity (Wildman–Crippen MR) is 206 cm³/mol. The van der Waals surface area contributed by atoms with E-state index < -0.39 is 10.0 Å². The number of benzene rings is 5. The van der Waals surface area contributed by atoms with Gasteiger partial charge in [-0.15, -0.1) is 0 Å². The quantitative estimate of drug-likeness (QED) is 0.123. The molecule has 6 aromatic rings. The first-order chi connectivity index (χ1) is 23.8. The summed E-state index contributed by atoms with van der Waals surface area (Å²) in [6, 6.07) is 39.2. The van der Waals surface area contributed by atoms with E-state index in [9.17, 15) is 8.42 Å². The van der Waals surface area contributed by atoms with Crippen LogP contribution in [0.3, 0.4) is 0 Å². The lowest BCUT2D eigenvalue weighted by atomic mass is 9.69. The minimum absolute atomic E-state index is 0.294. The molecule has 0 aliphatic heterocycles. The van der Waals surface area contributed by atoms with E-state index in [1.165, 1.54) is 26.2 Å². The van der Waals surface area contributed by atoms with E-state index in [0.717, 1.165) is 69.7 Å². The summed E-state index contributed by atoms with van der Waals surface area (Å²) in [5.74, 6) is 1.62. The number of halogens is 2. The van der Waals surface area contributed by atoms with Crippen molar-refractivity contribution < 1.29 is 13.2 Å². The Morgan fingerprint density at radius 2 is 1.51 bits per heavy atom. The third kappa shape index (κ3) is 7.30. The highest BCUT2D eigenvalue weighted by molar-refractivity contribution is 9.10. The Bertz CT molecular complexity index is 2180. The van der Waals surface area contributed by atoms with Crippen LogP contribution in [0.25, 0.3) is 10.9 Å². The highest BCUT2D eigenvalue weighted by atomic mass is 79.9. The van der Waals surface area contributed by atoms with Crippen molar-refractivity contribution in [3.63, 3.8) is 0 Å². The van der Waals surface area contributed by atoms with Crippen LogP contribution in [-0.4, -0.2) is 19.0 Å². The van der Waals surface area contributed by atoms with Crippen LogP contribution in [0.1, 0.15) is 70.9 Å². The number of rotatable bonds is 11. The molecule has 0 saturated heterocycles. The standard InChI is InChI=1S/C42H39Br2NO3S/c1-29-11-20-37(21-12-29)49(46,47)45-28-33(40-27-35(44)17-24-41(40)45)10-6-3-7-25-48-36-18-13-31(14-19-36)42-38(30-8-4-2-5-9-30)22-15-32-26-34(43)16-23-39(32)42/h2,4-5,8-9,11-14,16-21,23-24,26-28,38,42H,3,6-7,10,15,22,25H2,1H3/t38-,42+/m1/s1. The van der Waals surface area contributed by atoms with Crippen LogP contribution in [-0.2, 0) is 22.9 Å². The van der Waals surface area contributed by atoms with Crippen molar-refractivity contribution >= 4 is 52.8 Å². The fourth-order valence-corrected chi connectivity index (χ4v) is 9.44. The van der Waals surface area contributed by atoms with Crippen molar-refractivity contribution in [1.82, 2.24) is 3.97 Å². The molecule has 0 amide bonds. The van der Waals surface area contributed by atoms with E-state index >= 15 is 0 Å². The van der Waals surface area contributed by atoms with E-state index in [-0.39, 0.29) is 0 Å². The monoisotopic (exact) mass is 795 g/mol. The van der Waals surface area contributed by atoms with Crippen LogP contribution < -0.4 is 4.74 Å². The van der Waals surface area contributed by atoms with E-state index in [1.807, 2.05) is 37.3 Å². The van der Waals surface area contributed by atoms with E-state index in [2.05, 4.69) is 105 Å². The number of fused-ring (bicyclic) bond motifs is 2. The summed E-state index contributed by atoms with van der Waals surface area (Å²) >= 11 is 7.25. The molecule has 2 atom stereocenters. The molecule has 0 N–H and O–H groups in total. The van der Waals surface area contributed by atoms with E-state index in [4.69, 9.17) is 4.74 Å². The van der Waals surface area contributed by atoms with E-state index in [1.54, 1.807) is 18.3 Å². The Morgan fingerprint density at radius 1 is 0.776 bits per heavy atom. The van der Waals surface area contributed by atoms with Gasteiger partial charge < -0.3 is 4.74 Å². The van der Waals surface area contributed by atoms with Gasteiger partial charge in [0.1, 0.15) is 5.75 Å². The minimum Gasteiger partial charge on any atom is -0.494 e. The van der Waals surface area contributed by atoms with Gasteiger partial charge in [0.15, 0.2) is 0 Å². The predicted octanol–water partition coefficient (Wildman–Crippen LogP) is 11.4. The number of hydrogen-bond acceptors (Lipinski definition) is 3. The van der Waals surface area contributed by atoms with Crippen LogP contribution in [0.4, 0.5) is 0 Å². The maximum Gasteiger partial charge on any atom is 0.268 e. The highest BCUT2D eigenvalue weighted by Crippen LogP contribution is 2.47. The SMILES string of the molecule is Cc1ccc(S(=O)(=O)n2cc(CCCCCOc3ccc([C@@H]4c5ccc(Br)cc5CC[C@@H]4c4ccccc4)cc3)c3cc(Br)ccc32)cc1. The fraction of sp³-hybridized carbons (Fsp3) is 0.238. The molecule has 49 heavy (non-hydrogen) atoms. The van der Waals surface area contributed by atoms with Crippen molar-refractivity contribution in [1.29, 1.82) is 0 Å². The summed E-state index contributed by atoms with van der Waals surface area (Å²) < 4.78 is 36.9. The van der Waals surface area contributed by atoms with Gasteiger partial charge in [-0.1, -0.05) is 98.1 Å². The van der Waals surface area contributed by atoms with Gasteiger partial charge in [-0.25, -0.2) is 12.4 Å². The minimum atomic E-state index is -3.71. The van der Waals surface area contributed by atoms with Crippen molar-refractivity contribution in [2.24, 2.45) is 0 Å². The third-order valence-electron chi connectivity index (χ3n) is 9.79. The molecule has 5 aromatic carbocycles. The molecule has 7 heteroatoms. The normalized spacial score (nSPS) is 16.1. The summed E-state index contributed by atoms with van der Waals surface area (Å²) in [5.41, 5.74) is 8.32. The maximum absolute atomic E-state index is 13.6. The highest BCUT2D eigenvalue weighted by Gasteiger charge is 2.32. The summed E-state index contributed by atoms with van der Waals surface area (Å²) in [4.78, 5) is 0.294. The molecule has 0 saturated carbocycles. The molecule has 1 heterocycles. The Hall–Kier alpha value is -3.65. The molecule has 0 radical (unpaired) electrons. The smallest absolute Gasteiger partial charge is 0.268 e. The molecule has 0 bridgehead atoms. The number of aryl methyl sites for hydroxylation is 3. The first kappa shape index (κ1) is 33.8. The second kappa shape index (κ2) is 14.7. The number of ether oxygens (including phenoxy) is 1. The summed E-state index contributed by atoms with van der Waals surface area (Å²) in [5, 5.41) is 0.962. The first-order valence-corrected chi connectivity index (χ1v) is 20.0. The van der Waals surface area contributed by atoms with Crippen LogP contribution in [0.5, 0.6) is 5.75 Å². The molecule has 7 rings (SSSR count). The lowest BCUT2D eigenvalue weighted by Gasteiger charge is -2.35. The molecule has 1 aliphatic rings. The van der Waals surface area contributed by atoms with Crippen LogP contribution in [0, 0.1) is 6.92 Å². The number of unbranched alkanes of at least 4 members (excludes halogenated alkanes) is 2. The second-order valence-electron chi connectivity index (χ2n) is 13.0. The summed E-state index contributed by atoms with van der Waals surface area (Å²) in [6.45, 7) is 2.59. The second-order valence-corrected chi connectivity index (χ2v) is 16.7. The zero-order valence-corrected chi connectivity index (χ0v) is 31.5. The topological polar surface area (TPSA) is 48.3 Å². The zero-order chi connectivity index (χ0) is 34.0. The van der Waals surface area contributed by atoms with Crippen LogP contribution in [0.2, 0.25) is 0 Å². The molecule has 4 nitrogen and oxygen atoms in total. The largest absolute Gasteiger partial charge is 0.494 e. The van der Waals surface area contributed by atoms with Crippen LogP contribution in [0.15, 0.2) is 135 Å². The zero-order valence-electron chi connectivity index (χ0n) is 27.5. The average Bonchev–Trinajstić information content (AvgIpc) is 3.48. The number of aromatic nitrogens is 1. The fourth-order valence-electron chi connectivity index (χ4n) is 7.28. The number of nitrogens with zero attached hydrogens (tertiary/aromatic N) is 1. The molecule has 0 unspecified atom stereocenters. The van der Waals surface area contributed by atoms with Gasteiger partial charge in [0.25, 0.3) is 10.0 Å². The Labute approximate surface area is 306 Å². The Morgan fingerprint density at radius 3 is 2.29 bits per heavy atom. The van der Waals surface area contributed by atoms with Crippen molar-refractivity contribution in [3.8, 4) is 5.75 Å². The lowest BCUT2D eigenvalue weighted by Crippen LogP contribution is -2.20. The van der Waals surface area contributed by atoms with Gasteiger partial charge in [-0.05, 0) is 134 Å². The molecule has 1 aromatic heterocycles. The molecule has 1 aliphatic carbocycles. The summed E-state index contributed by atoms with van der Waals surface area (Å²) in [7, 11) is -3.71. The molecular formula is C42H39Br2NO3S. The van der Waals surface area contributed by atoms with Gasteiger partial charge >= 0.3 is 0 Å². The summed E-state index contributed by atoms with van der Waals surface area (Å²) in [6.07, 6.45) is 7.64. The van der Waals surface area contributed by atoms with Gasteiger partial charge in [0.2, 0.25) is 0 Å². The Kier molecular flexibility index (Phi) is 10.1. The molecule has 0 spiro atoms. The molecule has 250 valence electrons. The number of hydrogen-bond donors (Lipinski definition) is 0. The van der Waals surface area contributed by atoms with Crippen molar-refractivity contribution in [2.45, 2.75) is 62.2 Å². The average molecular weight is 798 g/mol. The van der Waals surface area contributed by atoms with E-state index in [0.29, 0.717) is 28.9 Å². The molecular weight excluding hydrogens is 758 g/mol. The first-order valence-electron chi connectivity index (χ1n) is 17.0.